The van der Waals surface area contributed by atoms with Gasteiger partial charge in [0.15, 0.2) is 0 Å². The highest BCUT2D eigenvalue weighted by Gasteiger charge is 2.09. The number of nitrogens with one attached hydrogen (secondary N) is 1. The topological polar surface area (TPSA) is 76.9 Å². The molecule has 0 aliphatic rings. The van der Waals surface area contributed by atoms with E-state index in [2.05, 4.69) is 15.5 Å². The van der Waals surface area contributed by atoms with Gasteiger partial charge < -0.3 is 4.57 Å². The average Bonchev–Trinajstić information content (AvgIpc) is 2.68. The molecule has 1 N–H and O–H groups in total. The maximum Gasteiger partial charge on any atom is 0.257 e. The standard InChI is InChI=1S/C10H10N4O2S/c1-6-12-13-10(17-6)11-9(16)7-3-4-14(2)8(15)5-7/h3-5H,1-2H3,(H,11,13,16). The quantitative estimate of drug-likeness (QED) is 0.855. The van der Waals surface area contributed by atoms with Crippen molar-refractivity contribution < 1.29 is 4.79 Å². The molecule has 2 aromatic heterocycles. The minimum Gasteiger partial charge on any atom is -0.319 e. The predicted molar refractivity (Wildman–Crippen MR) is 64.3 cm³/mol. The number of carbonyl (C=O) groups is 1. The molecule has 0 spiro atoms. The fourth-order valence-corrected chi connectivity index (χ4v) is 1.79. The fraction of sp³-hybridized carbons (Fsp3) is 0.200. The molecule has 0 bridgehead atoms. The number of carbonyl (C=O) groups excluding carboxylic acids is 1. The van der Waals surface area contributed by atoms with Crippen molar-refractivity contribution in [1.29, 1.82) is 0 Å². The van der Waals surface area contributed by atoms with Gasteiger partial charge in [0, 0.05) is 24.9 Å². The average molecular weight is 250 g/mol. The molecule has 0 radical (unpaired) electrons. The summed E-state index contributed by atoms with van der Waals surface area (Å²) in [7, 11) is 1.62. The van der Waals surface area contributed by atoms with Crippen molar-refractivity contribution in [3.05, 3.63) is 39.3 Å². The van der Waals surface area contributed by atoms with E-state index in [0.29, 0.717) is 10.7 Å². The molecule has 7 heteroatoms. The predicted octanol–water partition coefficient (Wildman–Crippen LogP) is 0.798. The van der Waals surface area contributed by atoms with Crippen molar-refractivity contribution in [1.82, 2.24) is 14.8 Å². The normalized spacial score (nSPS) is 10.2. The van der Waals surface area contributed by atoms with Crippen LogP contribution in [0.3, 0.4) is 0 Å². The zero-order valence-corrected chi connectivity index (χ0v) is 10.1. The van der Waals surface area contributed by atoms with Crippen LogP contribution in [0.4, 0.5) is 5.13 Å². The lowest BCUT2D eigenvalue weighted by Crippen LogP contribution is -2.19. The maximum absolute atomic E-state index is 11.8. The van der Waals surface area contributed by atoms with E-state index in [1.165, 1.54) is 22.0 Å². The zero-order chi connectivity index (χ0) is 12.4. The SMILES string of the molecule is Cc1nnc(NC(=O)c2ccn(C)c(=O)c2)s1. The molecule has 0 atom stereocenters. The van der Waals surface area contributed by atoms with E-state index >= 15 is 0 Å². The molecule has 2 rings (SSSR count). The lowest BCUT2D eigenvalue weighted by atomic mass is 10.2. The molecule has 0 aliphatic heterocycles. The number of hydrogen-bond acceptors (Lipinski definition) is 5. The fourth-order valence-electron chi connectivity index (χ4n) is 1.21. The summed E-state index contributed by atoms with van der Waals surface area (Å²) in [6, 6.07) is 2.86. The van der Waals surface area contributed by atoms with Gasteiger partial charge in [0.25, 0.3) is 11.5 Å². The summed E-state index contributed by atoms with van der Waals surface area (Å²) in [5.41, 5.74) is 0.0760. The van der Waals surface area contributed by atoms with Crippen molar-refractivity contribution in [2.45, 2.75) is 6.92 Å². The van der Waals surface area contributed by atoms with E-state index in [0.717, 1.165) is 5.01 Å². The second-order valence-electron chi connectivity index (χ2n) is 3.44. The lowest BCUT2D eigenvalue weighted by Gasteiger charge is -2.01. The highest BCUT2D eigenvalue weighted by atomic mass is 32.1. The Morgan fingerprint density at radius 3 is 2.82 bits per heavy atom. The first-order valence-corrected chi connectivity index (χ1v) is 5.66. The van der Waals surface area contributed by atoms with E-state index in [1.807, 2.05) is 0 Å². The minimum absolute atomic E-state index is 0.230. The summed E-state index contributed by atoms with van der Waals surface area (Å²) in [4.78, 5) is 23.1. The van der Waals surface area contributed by atoms with Crippen LogP contribution >= 0.6 is 11.3 Å². The van der Waals surface area contributed by atoms with E-state index in [9.17, 15) is 9.59 Å². The molecule has 2 heterocycles. The highest BCUT2D eigenvalue weighted by molar-refractivity contribution is 7.15. The molecule has 2 aromatic rings. The molecule has 0 unspecified atom stereocenters. The Hall–Kier alpha value is -2.02. The van der Waals surface area contributed by atoms with E-state index in [1.54, 1.807) is 26.2 Å². The number of aryl methyl sites for hydroxylation is 2. The largest absolute Gasteiger partial charge is 0.319 e. The molecule has 0 aromatic carbocycles. The van der Waals surface area contributed by atoms with Crippen LogP contribution in [0.25, 0.3) is 0 Å². The first-order valence-electron chi connectivity index (χ1n) is 4.84. The van der Waals surface area contributed by atoms with Gasteiger partial charge in [-0.3, -0.25) is 14.9 Å². The van der Waals surface area contributed by atoms with Crippen molar-refractivity contribution in [3.8, 4) is 0 Å². The van der Waals surface area contributed by atoms with Crippen LogP contribution in [0.15, 0.2) is 23.1 Å². The van der Waals surface area contributed by atoms with Gasteiger partial charge in [-0.25, -0.2) is 0 Å². The molecule has 88 valence electrons. The molecule has 0 saturated heterocycles. The Kier molecular flexibility index (Phi) is 3.01. The van der Waals surface area contributed by atoms with Gasteiger partial charge >= 0.3 is 0 Å². The Balaban J connectivity index is 2.20. The van der Waals surface area contributed by atoms with Gasteiger partial charge in [0.05, 0.1) is 0 Å². The molecule has 6 nitrogen and oxygen atoms in total. The Morgan fingerprint density at radius 2 is 2.24 bits per heavy atom. The van der Waals surface area contributed by atoms with Crippen LogP contribution in [-0.4, -0.2) is 20.7 Å². The molecule has 0 fully saturated rings. The number of aromatic nitrogens is 3. The van der Waals surface area contributed by atoms with Crippen LogP contribution in [0, 0.1) is 6.92 Å². The maximum atomic E-state index is 11.8. The number of anilines is 1. The van der Waals surface area contributed by atoms with Gasteiger partial charge in [0.1, 0.15) is 5.01 Å². The third kappa shape index (κ3) is 2.56. The van der Waals surface area contributed by atoms with Gasteiger partial charge in [-0.15, -0.1) is 10.2 Å². The van der Waals surface area contributed by atoms with Gasteiger partial charge in [-0.05, 0) is 13.0 Å². The summed E-state index contributed by atoms with van der Waals surface area (Å²) in [6.07, 6.45) is 1.54. The van der Waals surface area contributed by atoms with Crippen LogP contribution in [0.5, 0.6) is 0 Å². The van der Waals surface area contributed by atoms with Crippen LogP contribution in [0.1, 0.15) is 15.4 Å². The number of rotatable bonds is 2. The Labute approximate surface area is 101 Å². The summed E-state index contributed by atoms with van der Waals surface area (Å²) in [5.74, 6) is -0.362. The lowest BCUT2D eigenvalue weighted by molar-refractivity contribution is 0.102. The summed E-state index contributed by atoms with van der Waals surface area (Å²) in [6.45, 7) is 1.80. The molecular formula is C10H10N4O2S. The molecule has 0 aliphatic carbocycles. The first-order chi connectivity index (χ1) is 8.06. The number of pyridine rings is 1. The van der Waals surface area contributed by atoms with Crippen molar-refractivity contribution in [3.63, 3.8) is 0 Å². The third-order valence-corrected chi connectivity index (χ3v) is 2.87. The van der Waals surface area contributed by atoms with Gasteiger partial charge in [-0.2, -0.15) is 0 Å². The number of amides is 1. The van der Waals surface area contributed by atoms with Crippen LogP contribution in [-0.2, 0) is 7.05 Å². The Morgan fingerprint density at radius 1 is 1.47 bits per heavy atom. The van der Waals surface area contributed by atoms with Crippen molar-refractivity contribution in [2.75, 3.05) is 5.32 Å². The number of hydrogen-bond donors (Lipinski definition) is 1. The van der Waals surface area contributed by atoms with Crippen molar-refractivity contribution in [2.24, 2.45) is 7.05 Å². The smallest absolute Gasteiger partial charge is 0.257 e. The second-order valence-corrected chi connectivity index (χ2v) is 4.63. The second kappa shape index (κ2) is 4.46. The molecule has 17 heavy (non-hydrogen) atoms. The van der Waals surface area contributed by atoms with E-state index < -0.39 is 0 Å². The van der Waals surface area contributed by atoms with Crippen molar-refractivity contribution >= 4 is 22.4 Å². The third-order valence-electron chi connectivity index (χ3n) is 2.11. The van der Waals surface area contributed by atoms with E-state index in [4.69, 9.17) is 0 Å². The van der Waals surface area contributed by atoms with Crippen LogP contribution in [0.2, 0.25) is 0 Å². The van der Waals surface area contributed by atoms with Gasteiger partial charge in [-0.1, -0.05) is 11.3 Å². The molecule has 0 saturated carbocycles. The molecular weight excluding hydrogens is 240 g/mol. The summed E-state index contributed by atoms with van der Waals surface area (Å²) >= 11 is 1.28. The number of nitrogens with zero attached hydrogens (tertiary/aromatic N) is 3. The first kappa shape index (κ1) is 11.5. The van der Waals surface area contributed by atoms with Gasteiger partial charge in [0.2, 0.25) is 5.13 Å². The van der Waals surface area contributed by atoms with Crippen LogP contribution < -0.4 is 10.9 Å². The Bertz CT molecular complexity index is 617. The zero-order valence-electron chi connectivity index (χ0n) is 9.30. The van der Waals surface area contributed by atoms with E-state index in [-0.39, 0.29) is 11.5 Å². The minimum atomic E-state index is -0.362. The highest BCUT2D eigenvalue weighted by Crippen LogP contribution is 2.14. The molecule has 1 amide bonds. The summed E-state index contributed by atoms with van der Waals surface area (Å²) in [5, 5.41) is 11.3. The monoisotopic (exact) mass is 250 g/mol. The summed E-state index contributed by atoms with van der Waals surface area (Å²) < 4.78 is 1.39.